The largest absolute Gasteiger partial charge is 0.476 e. The number of aromatic carboxylic acids is 1. The third-order valence-corrected chi connectivity index (χ3v) is 2.71. The van der Waals surface area contributed by atoms with Crippen LogP contribution in [-0.2, 0) is 0 Å². The van der Waals surface area contributed by atoms with Gasteiger partial charge in [-0.05, 0) is 24.3 Å². The normalized spacial score (nSPS) is 8.68. The van der Waals surface area contributed by atoms with E-state index < -0.39 is 5.97 Å². The molecular formula is C14H18FNO2S. The zero-order valence-electron chi connectivity index (χ0n) is 11.5. The molecule has 0 saturated heterocycles. The molecule has 0 aliphatic rings. The minimum absolute atomic E-state index is 0.0133. The van der Waals surface area contributed by atoms with E-state index in [0.29, 0.717) is 10.6 Å². The van der Waals surface area contributed by atoms with E-state index in [1.165, 1.54) is 28.8 Å². The molecule has 5 heteroatoms. The summed E-state index contributed by atoms with van der Waals surface area (Å²) in [4.78, 5) is 14.5. The number of carboxylic acids is 1. The Balaban J connectivity index is 0.000000741. The summed E-state index contributed by atoms with van der Waals surface area (Å²) in [6, 6.07) is 5.77. The molecule has 0 unspecified atom stereocenters. The summed E-state index contributed by atoms with van der Waals surface area (Å²) in [6.45, 7) is 8.00. The highest BCUT2D eigenvalue weighted by atomic mass is 32.1. The topological polar surface area (TPSA) is 50.2 Å². The molecule has 0 amide bonds. The first-order valence-electron chi connectivity index (χ1n) is 6.11. The smallest absolute Gasteiger partial charge is 0.355 e. The Kier molecular flexibility index (Phi) is 8.37. The number of nitrogens with zero attached hydrogens (tertiary/aromatic N) is 1. The number of benzene rings is 1. The third kappa shape index (κ3) is 5.18. The molecule has 2 aromatic rings. The molecule has 0 spiro atoms. The predicted molar refractivity (Wildman–Crippen MR) is 77.2 cm³/mol. The van der Waals surface area contributed by atoms with Crippen molar-refractivity contribution < 1.29 is 14.3 Å². The van der Waals surface area contributed by atoms with Gasteiger partial charge in [0.25, 0.3) is 0 Å². The molecule has 0 bridgehead atoms. The van der Waals surface area contributed by atoms with E-state index in [0.717, 1.165) is 0 Å². The molecule has 0 aliphatic carbocycles. The Labute approximate surface area is 116 Å². The van der Waals surface area contributed by atoms with Crippen LogP contribution in [0, 0.1) is 5.82 Å². The number of thiazole rings is 1. The molecule has 2 rings (SSSR count). The Hall–Kier alpha value is -1.75. The summed E-state index contributed by atoms with van der Waals surface area (Å²) in [7, 11) is 0. The first kappa shape index (κ1) is 17.2. The lowest BCUT2D eigenvalue weighted by Crippen LogP contribution is -1.95. The van der Waals surface area contributed by atoms with Crippen LogP contribution in [-0.4, -0.2) is 16.1 Å². The Morgan fingerprint density at radius 3 is 2.11 bits per heavy atom. The monoisotopic (exact) mass is 283 g/mol. The second kappa shape index (κ2) is 9.22. The number of rotatable bonds is 2. The van der Waals surface area contributed by atoms with Crippen molar-refractivity contribution in [3.8, 4) is 10.6 Å². The van der Waals surface area contributed by atoms with Crippen molar-refractivity contribution in [3.05, 3.63) is 41.2 Å². The molecule has 104 valence electrons. The van der Waals surface area contributed by atoms with Crippen molar-refractivity contribution in [3.63, 3.8) is 0 Å². The maximum Gasteiger partial charge on any atom is 0.355 e. The molecule has 1 N–H and O–H groups in total. The number of carbonyl (C=O) groups is 1. The Morgan fingerprint density at radius 1 is 1.16 bits per heavy atom. The first-order valence-corrected chi connectivity index (χ1v) is 6.99. The highest BCUT2D eigenvalue weighted by molar-refractivity contribution is 7.13. The average molecular weight is 283 g/mol. The van der Waals surface area contributed by atoms with Crippen LogP contribution in [0.2, 0.25) is 0 Å². The fraction of sp³-hybridized carbons (Fsp3) is 0.286. The zero-order valence-corrected chi connectivity index (χ0v) is 12.3. The average Bonchev–Trinajstić information content (AvgIpc) is 2.94. The van der Waals surface area contributed by atoms with Gasteiger partial charge in [-0.2, -0.15) is 0 Å². The summed E-state index contributed by atoms with van der Waals surface area (Å²) in [5.41, 5.74) is 0.730. The molecular weight excluding hydrogens is 265 g/mol. The summed E-state index contributed by atoms with van der Waals surface area (Å²) < 4.78 is 12.6. The second-order valence-corrected chi connectivity index (χ2v) is 3.71. The van der Waals surface area contributed by atoms with Crippen LogP contribution in [0.25, 0.3) is 10.6 Å². The maximum atomic E-state index is 12.6. The molecule has 0 aliphatic heterocycles. The van der Waals surface area contributed by atoms with Gasteiger partial charge in [-0.25, -0.2) is 14.2 Å². The standard InChI is InChI=1S/C10H6FNO2S.2C2H6/c11-7-3-1-6(2-4-7)9-12-8(5-15-9)10(13)14;2*1-2/h1-5H,(H,13,14);2*1-2H3. The van der Waals surface area contributed by atoms with E-state index in [1.807, 2.05) is 27.7 Å². The van der Waals surface area contributed by atoms with E-state index >= 15 is 0 Å². The summed E-state index contributed by atoms with van der Waals surface area (Å²) in [5, 5.41) is 10.7. The zero-order chi connectivity index (χ0) is 14.8. The highest BCUT2D eigenvalue weighted by Crippen LogP contribution is 2.23. The lowest BCUT2D eigenvalue weighted by Gasteiger charge is -1.94. The van der Waals surface area contributed by atoms with E-state index in [2.05, 4.69) is 4.98 Å². The molecule has 0 radical (unpaired) electrons. The molecule has 1 aromatic heterocycles. The van der Waals surface area contributed by atoms with Gasteiger partial charge in [-0.1, -0.05) is 27.7 Å². The first-order chi connectivity index (χ1) is 9.16. The van der Waals surface area contributed by atoms with Gasteiger partial charge >= 0.3 is 5.97 Å². The van der Waals surface area contributed by atoms with E-state index in [-0.39, 0.29) is 11.5 Å². The van der Waals surface area contributed by atoms with Crippen LogP contribution >= 0.6 is 11.3 Å². The fourth-order valence-corrected chi connectivity index (χ4v) is 1.90. The third-order valence-electron chi connectivity index (χ3n) is 1.81. The van der Waals surface area contributed by atoms with Crippen molar-refractivity contribution in [2.75, 3.05) is 0 Å². The minimum Gasteiger partial charge on any atom is -0.476 e. The number of hydrogen-bond donors (Lipinski definition) is 1. The number of halogens is 1. The van der Waals surface area contributed by atoms with E-state index in [4.69, 9.17) is 5.11 Å². The molecule has 1 heterocycles. The molecule has 0 atom stereocenters. The van der Waals surface area contributed by atoms with Crippen molar-refractivity contribution in [2.24, 2.45) is 0 Å². The second-order valence-electron chi connectivity index (χ2n) is 2.85. The summed E-state index contributed by atoms with van der Waals surface area (Å²) in [6.07, 6.45) is 0. The minimum atomic E-state index is -1.06. The van der Waals surface area contributed by atoms with Crippen LogP contribution in [0.1, 0.15) is 38.2 Å². The molecule has 3 nitrogen and oxygen atoms in total. The summed E-state index contributed by atoms with van der Waals surface area (Å²) in [5.74, 6) is -1.38. The highest BCUT2D eigenvalue weighted by Gasteiger charge is 2.09. The SMILES string of the molecule is CC.CC.O=C(O)c1csc(-c2ccc(F)cc2)n1. The van der Waals surface area contributed by atoms with Gasteiger partial charge in [0, 0.05) is 10.9 Å². The van der Waals surface area contributed by atoms with Crippen molar-refractivity contribution in [1.29, 1.82) is 0 Å². The van der Waals surface area contributed by atoms with Crippen molar-refractivity contribution in [2.45, 2.75) is 27.7 Å². The van der Waals surface area contributed by atoms with Gasteiger partial charge < -0.3 is 5.11 Å². The van der Waals surface area contributed by atoms with Gasteiger partial charge in [0.2, 0.25) is 0 Å². The fourth-order valence-electron chi connectivity index (χ4n) is 1.10. The molecule has 0 saturated carbocycles. The van der Waals surface area contributed by atoms with Crippen LogP contribution in [0.3, 0.4) is 0 Å². The van der Waals surface area contributed by atoms with Gasteiger partial charge in [0.1, 0.15) is 10.8 Å². The van der Waals surface area contributed by atoms with Crippen molar-refractivity contribution >= 4 is 17.3 Å². The predicted octanol–water partition coefficient (Wildman–Crippen LogP) is 4.70. The molecule has 19 heavy (non-hydrogen) atoms. The van der Waals surface area contributed by atoms with E-state index in [1.54, 1.807) is 12.1 Å². The molecule has 1 aromatic carbocycles. The number of hydrogen-bond acceptors (Lipinski definition) is 3. The van der Waals surface area contributed by atoms with Crippen LogP contribution in [0.4, 0.5) is 4.39 Å². The Bertz CT molecular complexity index is 494. The quantitative estimate of drug-likeness (QED) is 0.869. The van der Waals surface area contributed by atoms with E-state index in [9.17, 15) is 9.18 Å². The van der Waals surface area contributed by atoms with Crippen molar-refractivity contribution in [1.82, 2.24) is 4.98 Å². The van der Waals surface area contributed by atoms with Gasteiger partial charge in [-0.3, -0.25) is 0 Å². The van der Waals surface area contributed by atoms with Gasteiger partial charge in [-0.15, -0.1) is 11.3 Å². The van der Waals surface area contributed by atoms with Crippen LogP contribution < -0.4 is 0 Å². The lowest BCUT2D eigenvalue weighted by molar-refractivity contribution is 0.0691. The number of carboxylic acid groups (broad SMARTS) is 1. The van der Waals surface area contributed by atoms with Crippen LogP contribution in [0.5, 0.6) is 0 Å². The van der Waals surface area contributed by atoms with Gasteiger partial charge in [0.05, 0.1) is 0 Å². The summed E-state index contributed by atoms with van der Waals surface area (Å²) >= 11 is 1.22. The Morgan fingerprint density at radius 2 is 1.68 bits per heavy atom. The maximum absolute atomic E-state index is 12.6. The number of aromatic nitrogens is 1. The van der Waals surface area contributed by atoms with Gasteiger partial charge in [0.15, 0.2) is 5.69 Å². The molecule has 0 fully saturated rings. The van der Waals surface area contributed by atoms with Crippen LogP contribution in [0.15, 0.2) is 29.6 Å². The lowest BCUT2D eigenvalue weighted by atomic mass is 10.2.